The van der Waals surface area contributed by atoms with Gasteiger partial charge in [0.15, 0.2) is 0 Å². The lowest BCUT2D eigenvalue weighted by molar-refractivity contribution is -0.384. The minimum absolute atomic E-state index is 0.0132. The molecule has 2 N–H and O–H groups in total. The van der Waals surface area contributed by atoms with Crippen molar-refractivity contribution in [3.05, 3.63) is 94.5 Å². The van der Waals surface area contributed by atoms with Gasteiger partial charge in [-0.15, -0.1) is 0 Å². The Bertz CT molecular complexity index is 1020. The Morgan fingerprint density at radius 1 is 0.903 bits per heavy atom. The van der Waals surface area contributed by atoms with E-state index in [0.29, 0.717) is 30.4 Å². The first-order chi connectivity index (χ1) is 15.1. The zero-order valence-electron chi connectivity index (χ0n) is 16.4. The van der Waals surface area contributed by atoms with Gasteiger partial charge in [-0.05, 0) is 54.1 Å². The van der Waals surface area contributed by atoms with E-state index in [0.717, 1.165) is 5.56 Å². The molecule has 0 aliphatic heterocycles. The average Bonchev–Trinajstić information content (AvgIpc) is 2.79. The zero-order valence-corrected chi connectivity index (χ0v) is 16.4. The van der Waals surface area contributed by atoms with Gasteiger partial charge in [0.1, 0.15) is 24.7 Å². The fraction of sp³-hybridized carbons (Fsp3) is 0.0909. The summed E-state index contributed by atoms with van der Waals surface area (Å²) in [6.07, 6.45) is 1.52. The topological polar surface area (TPSA) is 115 Å². The van der Waals surface area contributed by atoms with Crippen molar-refractivity contribution in [2.24, 2.45) is 5.10 Å². The van der Waals surface area contributed by atoms with Gasteiger partial charge in [-0.1, -0.05) is 18.2 Å². The Labute approximate surface area is 178 Å². The van der Waals surface area contributed by atoms with Gasteiger partial charge in [0.05, 0.1) is 11.1 Å². The molecule has 0 fully saturated rings. The second kappa shape index (κ2) is 11.0. The summed E-state index contributed by atoms with van der Waals surface area (Å²) in [5, 5.41) is 17.2. The van der Waals surface area contributed by atoms with Crippen LogP contribution >= 0.6 is 0 Å². The molecule has 3 aromatic carbocycles. The Morgan fingerprint density at radius 3 is 2.06 bits per heavy atom. The molecule has 0 aliphatic carbocycles. The number of nitrogens with one attached hydrogen (secondary N) is 2. The summed E-state index contributed by atoms with van der Waals surface area (Å²) in [6, 6.07) is 21.6. The second-order valence-corrected chi connectivity index (χ2v) is 6.21. The van der Waals surface area contributed by atoms with E-state index in [4.69, 9.17) is 9.47 Å². The molecule has 0 heterocycles. The van der Waals surface area contributed by atoms with Crippen LogP contribution in [0.15, 0.2) is 84.0 Å². The second-order valence-electron chi connectivity index (χ2n) is 6.21. The summed E-state index contributed by atoms with van der Waals surface area (Å²) in [7, 11) is 0. The van der Waals surface area contributed by atoms with Crippen LogP contribution in [-0.4, -0.2) is 30.4 Å². The van der Waals surface area contributed by atoms with E-state index in [1.807, 2.05) is 18.2 Å². The third kappa shape index (κ3) is 7.17. The van der Waals surface area contributed by atoms with Crippen LogP contribution < -0.4 is 20.2 Å². The molecule has 0 aromatic heterocycles. The van der Waals surface area contributed by atoms with Crippen molar-refractivity contribution >= 4 is 23.6 Å². The van der Waals surface area contributed by atoms with Crippen LogP contribution in [0, 0.1) is 10.1 Å². The van der Waals surface area contributed by atoms with Crippen molar-refractivity contribution in [2.45, 2.75) is 0 Å². The van der Waals surface area contributed by atoms with Gasteiger partial charge >= 0.3 is 6.03 Å². The van der Waals surface area contributed by atoms with Crippen molar-refractivity contribution in [1.29, 1.82) is 0 Å². The molecular weight excluding hydrogens is 400 g/mol. The van der Waals surface area contributed by atoms with Gasteiger partial charge in [-0.25, -0.2) is 10.2 Å². The standard InChI is InChI=1S/C22H20N4O5/c27-22(24-18-4-2-1-3-5-18)25-23-16-17-6-10-20(11-7-17)30-14-15-31-21-12-8-19(9-13-21)26(28)29/h1-13,16H,14-15H2,(H2,24,25,27)/b23-16-. The lowest BCUT2D eigenvalue weighted by Crippen LogP contribution is -2.24. The molecule has 158 valence electrons. The number of carbonyl (C=O) groups excluding carboxylic acids is 1. The molecule has 3 rings (SSSR count). The molecule has 0 saturated heterocycles. The summed E-state index contributed by atoms with van der Waals surface area (Å²) in [5.74, 6) is 1.18. The fourth-order valence-electron chi connectivity index (χ4n) is 2.48. The number of nitrogens with zero attached hydrogens (tertiary/aromatic N) is 2. The average molecular weight is 420 g/mol. The number of rotatable bonds is 9. The lowest BCUT2D eigenvalue weighted by Gasteiger charge is -2.08. The summed E-state index contributed by atoms with van der Waals surface area (Å²) >= 11 is 0. The minimum Gasteiger partial charge on any atom is -0.490 e. The Kier molecular flexibility index (Phi) is 7.53. The number of amides is 2. The maximum Gasteiger partial charge on any atom is 0.339 e. The van der Waals surface area contributed by atoms with Crippen molar-refractivity contribution < 1.29 is 19.2 Å². The number of non-ortho nitro benzene ring substituents is 1. The monoisotopic (exact) mass is 420 g/mol. The Morgan fingerprint density at radius 2 is 1.48 bits per heavy atom. The number of hydrazone groups is 1. The van der Waals surface area contributed by atoms with Crippen LogP contribution in [0.5, 0.6) is 11.5 Å². The molecule has 0 spiro atoms. The SMILES string of the molecule is O=C(N/N=C\c1ccc(OCCOc2ccc([N+](=O)[O-])cc2)cc1)Nc1ccccc1. The van der Waals surface area contributed by atoms with Crippen molar-refractivity contribution in [2.75, 3.05) is 18.5 Å². The lowest BCUT2D eigenvalue weighted by atomic mass is 10.2. The van der Waals surface area contributed by atoms with Crippen LogP contribution in [0.1, 0.15) is 5.56 Å². The van der Waals surface area contributed by atoms with E-state index in [9.17, 15) is 14.9 Å². The summed E-state index contributed by atoms with van der Waals surface area (Å²) in [4.78, 5) is 21.9. The van der Waals surface area contributed by atoms with E-state index in [-0.39, 0.29) is 5.69 Å². The summed E-state index contributed by atoms with van der Waals surface area (Å²) in [5.41, 5.74) is 3.87. The highest BCUT2D eigenvalue weighted by Crippen LogP contribution is 2.17. The molecule has 0 bridgehead atoms. The van der Waals surface area contributed by atoms with Gasteiger partial charge in [0, 0.05) is 17.8 Å². The number of para-hydroxylation sites is 1. The summed E-state index contributed by atoms with van der Waals surface area (Å²) < 4.78 is 11.1. The first-order valence-electron chi connectivity index (χ1n) is 9.35. The van der Waals surface area contributed by atoms with Gasteiger partial charge in [-0.3, -0.25) is 10.1 Å². The molecule has 0 atom stereocenters. The third-order valence-electron chi connectivity index (χ3n) is 3.96. The molecule has 0 unspecified atom stereocenters. The number of nitro groups is 1. The molecule has 9 heteroatoms. The van der Waals surface area contributed by atoms with Crippen LogP contribution in [0.2, 0.25) is 0 Å². The van der Waals surface area contributed by atoms with Gasteiger partial charge in [0.2, 0.25) is 0 Å². The normalized spacial score (nSPS) is 10.5. The molecule has 0 radical (unpaired) electrons. The van der Waals surface area contributed by atoms with E-state index < -0.39 is 11.0 Å². The van der Waals surface area contributed by atoms with E-state index in [1.165, 1.54) is 18.3 Å². The van der Waals surface area contributed by atoms with Gasteiger partial charge in [0.25, 0.3) is 5.69 Å². The predicted octanol–water partition coefficient (Wildman–Crippen LogP) is 4.21. The minimum atomic E-state index is -0.461. The maximum atomic E-state index is 11.8. The number of benzene rings is 3. The highest BCUT2D eigenvalue weighted by Gasteiger charge is 2.04. The number of anilines is 1. The molecule has 3 aromatic rings. The smallest absolute Gasteiger partial charge is 0.339 e. The van der Waals surface area contributed by atoms with Crippen LogP contribution in [0.3, 0.4) is 0 Å². The predicted molar refractivity (Wildman–Crippen MR) is 117 cm³/mol. The van der Waals surface area contributed by atoms with E-state index >= 15 is 0 Å². The quantitative estimate of drug-likeness (QED) is 0.233. The number of nitro benzene ring substituents is 1. The number of ether oxygens (including phenoxy) is 2. The molecule has 9 nitrogen and oxygen atoms in total. The fourth-order valence-corrected chi connectivity index (χ4v) is 2.48. The number of hydrogen-bond donors (Lipinski definition) is 2. The molecule has 31 heavy (non-hydrogen) atoms. The molecule has 0 saturated carbocycles. The zero-order chi connectivity index (χ0) is 21.9. The van der Waals surface area contributed by atoms with Crippen LogP contribution in [0.25, 0.3) is 0 Å². The van der Waals surface area contributed by atoms with Crippen LogP contribution in [-0.2, 0) is 0 Å². The first kappa shape index (κ1) is 21.3. The molecular formula is C22H20N4O5. The highest BCUT2D eigenvalue weighted by molar-refractivity contribution is 5.90. The number of hydrogen-bond acceptors (Lipinski definition) is 6. The van der Waals surface area contributed by atoms with Gasteiger partial charge < -0.3 is 14.8 Å². The number of carbonyl (C=O) groups is 1. The van der Waals surface area contributed by atoms with Gasteiger partial charge in [-0.2, -0.15) is 5.10 Å². The largest absolute Gasteiger partial charge is 0.490 e. The Balaban J connectivity index is 1.37. The third-order valence-corrected chi connectivity index (χ3v) is 3.96. The number of urea groups is 1. The molecule has 0 aliphatic rings. The van der Waals surface area contributed by atoms with E-state index in [2.05, 4.69) is 15.8 Å². The Hall–Kier alpha value is -4.40. The van der Waals surface area contributed by atoms with E-state index in [1.54, 1.807) is 48.5 Å². The molecule has 2 amide bonds. The highest BCUT2D eigenvalue weighted by atomic mass is 16.6. The maximum absolute atomic E-state index is 11.8. The summed E-state index contributed by atoms with van der Waals surface area (Å²) in [6.45, 7) is 0.604. The van der Waals surface area contributed by atoms with Crippen molar-refractivity contribution in [3.8, 4) is 11.5 Å². The van der Waals surface area contributed by atoms with Crippen molar-refractivity contribution in [3.63, 3.8) is 0 Å². The first-order valence-corrected chi connectivity index (χ1v) is 9.35. The van der Waals surface area contributed by atoms with Crippen molar-refractivity contribution in [1.82, 2.24) is 5.43 Å². The van der Waals surface area contributed by atoms with Crippen LogP contribution in [0.4, 0.5) is 16.2 Å².